The minimum atomic E-state index is -0.340. The number of aromatic nitrogens is 2. The van der Waals surface area contributed by atoms with Crippen LogP contribution in [0.2, 0.25) is 0 Å². The number of hydrogen-bond donors (Lipinski definition) is 1. The van der Waals surface area contributed by atoms with E-state index >= 15 is 0 Å². The molecule has 1 heterocycles. The lowest BCUT2D eigenvalue weighted by Gasteiger charge is -2.27. The molecule has 2 aromatic carbocycles. The Kier molecular flexibility index (Phi) is 4.04. The maximum absolute atomic E-state index is 12.9. The van der Waals surface area contributed by atoms with E-state index in [-0.39, 0.29) is 18.0 Å². The average Bonchev–Trinajstić information content (AvgIpc) is 2.98. The van der Waals surface area contributed by atoms with Crippen molar-refractivity contribution in [2.24, 2.45) is 0 Å². The third-order valence-corrected chi connectivity index (χ3v) is 5.23. The van der Waals surface area contributed by atoms with Crippen LogP contribution in [0.25, 0.3) is 10.9 Å². The zero-order chi connectivity index (χ0) is 17.4. The molecule has 1 aliphatic carbocycles. The number of aryl methyl sites for hydroxylation is 2. The first-order chi connectivity index (χ1) is 12.1. The van der Waals surface area contributed by atoms with E-state index < -0.39 is 0 Å². The largest absolute Gasteiger partial charge is 0.347 e. The number of fused-ring (bicyclic) bond motifs is 2. The van der Waals surface area contributed by atoms with Crippen molar-refractivity contribution in [3.05, 3.63) is 65.4 Å². The number of rotatable bonds is 3. The van der Waals surface area contributed by atoms with Crippen LogP contribution in [0.1, 0.15) is 48.7 Å². The lowest BCUT2D eigenvalue weighted by Crippen LogP contribution is -2.36. The van der Waals surface area contributed by atoms with Gasteiger partial charge >= 0.3 is 0 Å². The van der Waals surface area contributed by atoms with Gasteiger partial charge in [-0.15, -0.1) is 0 Å². The Hall–Kier alpha value is -2.62. The van der Waals surface area contributed by atoms with Crippen LogP contribution in [0, 0.1) is 6.92 Å². The molecule has 0 radical (unpaired) electrons. The van der Waals surface area contributed by atoms with Crippen LogP contribution in [0.5, 0.6) is 0 Å². The minimum absolute atomic E-state index is 0.0231. The second-order valence-corrected chi connectivity index (χ2v) is 6.88. The Balaban J connectivity index is 1.59. The number of benzene rings is 2. The lowest BCUT2D eigenvalue weighted by molar-refractivity contribution is -0.124. The molecule has 1 aromatic heterocycles. The van der Waals surface area contributed by atoms with Crippen molar-refractivity contribution in [3.8, 4) is 0 Å². The van der Waals surface area contributed by atoms with E-state index in [0.29, 0.717) is 0 Å². The molecular formula is C21H23N3O. The summed E-state index contributed by atoms with van der Waals surface area (Å²) < 4.78 is 1.84. The van der Waals surface area contributed by atoms with Gasteiger partial charge in [0.05, 0.1) is 17.3 Å². The van der Waals surface area contributed by atoms with Crippen LogP contribution in [-0.2, 0) is 11.2 Å². The molecule has 0 saturated heterocycles. The Morgan fingerprint density at radius 2 is 1.96 bits per heavy atom. The van der Waals surface area contributed by atoms with Crippen molar-refractivity contribution in [1.29, 1.82) is 0 Å². The van der Waals surface area contributed by atoms with Gasteiger partial charge in [0.2, 0.25) is 5.91 Å². The molecule has 1 aliphatic rings. The van der Waals surface area contributed by atoms with Crippen molar-refractivity contribution >= 4 is 16.8 Å². The highest BCUT2D eigenvalue weighted by Crippen LogP contribution is 2.30. The predicted molar refractivity (Wildman–Crippen MR) is 99.4 cm³/mol. The maximum atomic E-state index is 12.9. The van der Waals surface area contributed by atoms with Gasteiger partial charge in [-0.3, -0.25) is 9.48 Å². The molecular weight excluding hydrogens is 310 g/mol. The molecule has 0 bridgehead atoms. The highest BCUT2D eigenvalue weighted by atomic mass is 16.2. The van der Waals surface area contributed by atoms with Crippen LogP contribution in [0.4, 0.5) is 0 Å². The number of carbonyl (C=O) groups excluding carboxylic acids is 1. The molecule has 4 nitrogen and oxygen atoms in total. The molecule has 0 aliphatic heterocycles. The molecule has 25 heavy (non-hydrogen) atoms. The molecule has 0 fully saturated rings. The molecule has 3 aromatic rings. The fraction of sp³-hybridized carbons (Fsp3) is 0.333. The van der Waals surface area contributed by atoms with E-state index in [1.54, 1.807) is 0 Å². The van der Waals surface area contributed by atoms with Crippen LogP contribution < -0.4 is 5.32 Å². The Bertz CT molecular complexity index is 928. The first-order valence-electron chi connectivity index (χ1n) is 8.97. The molecule has 0 saturated carbocycles. The Labute approximate surface area is 147 Å². The Morgan fingerprint density at radius 3 is 2.84 bits per heavy atom. The number of para-hydroxylation sites is 1. The summed E-state index contributed by atoms with van der Waals surface area (Å²) in [5.74, 6) is 0.0231. The summed E-state index contributed by atoms with van der Waals surface area (Å²) >= 11 is 0. The first kappa shape index (κ1) is 15.9. The molecule has 2 atom stereocenters. The fourth-order valence-corrected chi connectivity index (χ4v) is 3.85. The van der Waals surface area contributed by atoms with E-state index in [4.69, 9.17) is 0 Å². The summed E-state index contributed by atoms with van der Waals surface area (Å²) in [6.45, 7) is 3.91. The molecule has 1 amide bonds. The zero-order valence-electron chi connectivity index (χ0n) is 14.7. The van der Waals surface area contributed by atoms with Crippen molar-refractivity contribution in [1.82, 2.24) is 15.1 Å². The second kappa shape index (κ2) is 6.36. The highest BCUT2D eigenvalue weighted by Gasteiger charge is 2.25. The van der Waals surface area contributed by atoms with E-state index in [0.717, 1.165) is 35.9 Å². The van der Waals surface area contributed by atoms with Crippen LogP contribution in [0.15, 0.2) is 48.5 Å². The molecule has 128 valence electrons. The van der Waals surface area contributed by atoms with Gasteiger partial charge in [0.15, 0.2) is 0 Å². The number of nitrogens with zero attached hydrogens (tertiary/aromatic N) is 2. The molecule has 4 heteroatoms. The minimum Gasteiger partial charge on any atom is -0.347 e. The van der Waals surface area contributed by atoms with Crippen molar-refractivity contribution in [3.63, 3.8) is 0 Å². The monoisotopic (exact) mass is 333 g/mol. The molecule has 1 N–H and O–H groups in total. The number of hydrogen-bond acceptors (Lipinski definition) is 2. The van der Waals surface area contributed by atoms with Crippen molar-refractivity contribution < 1.29 is 4.79 Å². The van der Waals surface area contributed by atoms with Gasteiger partial charge in [-0.1, -0.05) is 42.5 Å². The highest BCUT2D eigenvalue weighted by molar-refractivity contribution is 5.86. The summed E-state index contributed by atoms with van der Waals surface area (Å²) in [4.78, 5) is 12.9. The van der Waals surface area contributed by atoms with Gasteiger partial charge in [-0.2, -0.15) is 5.10 Å². The third kappa shape index (κ3) is 2.82. The van der Waals surface area contributed by atoms with E-state index in [1.165, 1.54) is 11.1 Å². The SMILES string of the molecule is Cc1nn([C@@H](C)C(=O)N[C@@H]2CCCc3ccccc32)c2ccccc12. The summed E-state index contributed by atoms with van der Waals surface area (Å²) in [7, 11) is 0. The molecule has 0 unspecified atom stereocenters. The number of amides is 1. The van der Waals surface area contributed by atoms with E-state index in [2.05, 4.69) is 40.7 Å². The van der Waals surface area contributed by atoms with Crippen LogP contribution in [-0.4, -0.2) is 15.7 Å². The van der Waals surface area contributed by atoms with Gasteiger partial charge in [0.1, 0.15) is 6.04 Å². The smallest absolute Gasteiger partial charge is 0.245 e. The van der Waals surface area contributed by atoms with Gasteiger partial charge in [0, 0.05) is 5.39 Å². The number of carbonyl (C=O) groups is 1. The average molecular weight is 333 g/mol. The quantitative estimate of drug-likeness (QED) is 0.784. The van der Waals surface area contributed by atoms with Gasteiger partial charge in [-0.05, 0) is 50.3 Å². The first-order valence-corrected chi connectivity index (χ1v) is 8.97. The van der Waals surface area contributed by atoms with Crippen molar-refractivity contribution in [2.45, 2.75) is 45.2 Å². The van der Waals surface area contributed by atoms with E-state index in [1.807, 2.05) is 36.7 Å². The summed E-state index contributed by atoms with van der Waals surface area (Å²) in [5, 5.41) is 8.95. The van der Waals surface area contributed by atoms with Crippen molar-refractivity contribution in [2.75, 3.05) is 0 Å². The second-order valence-electron chi connectivity index (χ2n) is 6.88. The van der Waals surface area contributed by atoms with E-state index in [9.17, 15) is 4.79 Å². The van der Waals surface area contributed by atoms with Gasteiger partial charge in [-0.25, -0.2) is 0 Å². The zero-order valence-corrected chi connectivity index (χ0v) is 14.7. The summed E-state index contributed by atoms with van der Waals surface area (Å²) in [5.41, 5.74) is 4.58. The van der Waals surface area contributed by atoms with Crippen LogP contribution in [0.3, 0.4) is 0 Å². The van der Waals surface area contributed by atoms with Gasteiger partial charge in [0.25, 0.3) is 0 Å². The molecule has 4 rings (SSSR count). The maximum Gasteiger partial charge on any atom is 0.245 e. The molecule has 0 spiro atoms. The fourth-order valence-electron chi connectivity index (χ4n) is 3.85. The normalized spacial score (nSPS) is 17.9. The Morgan fingerprint density at radius 1 is 1.20 bits per heavy atom. The van der Waals surface area contributed by atoms with Gasteiger partial charge < -0.3 is 5.32 Å². The third-order valence-electron chi connectivity index (χ3n) is 5.23. The summed E-state index contributed by atoms with van der Waals surface area (Å²) in [6, 6.07) is 16.3. The van der Waals surface area contributed by atoms with Crippen LogP contribution >= 0.6 is 0 Å². The summed E-state index contributed by atoms with van der Waals surface area (Å²) in [6.07, 6.45) is 3.20. The lowest BCUT2D eigenvalue weighted by atomic mass is 9.87. The topological polar surface area (TPSA) is 46.9 Å². The predicted octanol–water partition coefficient (Wildman–Crippen LogP) is 4.10. The standard InChI is InChI=1S/C21H23N3O/c1-14-17-10-5-6-13-20(17)24(23-14)15(2)21(25)22-19-12-7-9-16-8-3-4-11-18(16)19/h3-6,8,10-11,13,15,19H,7,9,12H2,1-2H3,(H,22,25)/t15-,19+/m0/s1. The number of nitrogens with one attached hydrogen (secondary N) is 1.